The molecule has 110 valence electrons. The van der Waals surface area contributed by atoms with Crippen LogP contribution in [0.5, 0.6) is 0 Å². The Morgan fingerprint density at radius 3 is 2.60 bits per heavy atom. The number of esters is 1. The third kappa shape index (κ3) is 2.96. The first-order valence-electron chi connectivity index (χ1n) is 6.13. The summed E-state index contributed by atoms with van der Waals surface area (Å²) in [6.07, 6.45) is -5.44. The van der Waals surface area contributed by atoms with Crippen molar-refractivity contribution in [3.05, 3.63) is 35.9 Å². The molecule has 0 aromatic heterocycles. The molecule has 4 N–H and O–H groups in total. The minimum atomic E-state index is -1.50. The first-order valence-corrected chi connectivity index (χ1v) is 6.13. The van der Waals surface area contributed by atoms with Crippen LogP contribution in [0.25, 0.3) is 0 Å². The molecular formula is C13H16FNO5. The maximum atomic E-state index is 12.9. The van der Waals surface area contributed by atoms with Crippen LogP contribution in [-0.2, 0) is 9.47 Å². The van der Waals surface area contributed by atoms with E-state index < -0.39 is 43.3 Å². The summed E-state index contributed by atoms with van der Waals surface area (Å²) in [6, 6.07) is 6.90. The van der Waals surface area contributed by atoms with Gasteiger partial charge in [0.25, 0.3) is 0 Å². The van der Waals surface area contributed by atoms with Gasteiger partial charge in [-0.1, -0.05) is 18.2 Å². The van der Waals surface area contributed by atoms with Crippen LogP contribution in [0, 0.1) is 0 Å². The molecule has 5 unspecified atom stereocenters. The van der Waals surface area contributed by atoms with Crippen LogP contribution < -0.4 is 5.73 Å². The molecule has 5 atom stereocenters. The standard InChI is InChI=1S/C13H16FNO5/c14-6-8-11(10(16)9(15)13(18)19-8)20-12(17)7-4-2-1-3-5-7/h1-5,8-11,13,16,18H,6,15H2. The predicted molar refractivity (Wildman–Crippen MR) is 66.5 cm³/mol. The van der Waals surface area contributed by atoms with E-state index in [9.17, 15) is 19.4 Å². The van der Waals surface area contributed by atoms with Gasteiger partial charge in [0.05, 0.1) is 11.6 Å². The van der Waals surface area contributed by atoms with Crippen LogP contribution in [0.1, 0.15) is 10.4 Å². The zero-order valence-electron chi connectivity index (χ0n) is 10.6. The second-order valence-electron chi connectivity index (χ2n) is 4.52. The lowest BCUT2D eigenvalue weighted by Gasteiger charge is -2.39. The van der Waals surface area contributed by atoms with Gasteiger partial charge in [-0.3, -0.25) is 0 Å². The number of carbonyl (C=O) groups excluding carboxylic acids is 1. The molecule has 0 bridgehead atoms. The molecule has 0 amide bonds. The van der Waals surface area contributed by atoms with Crippen molar-refractivity contribution >= 4 is 5.97 Å². The maximum absolute atomic E-state index is 12.9. The van der Waals surface area contributed by atoms with Gasteiger partial charge < -0.3 is 25.4 Å². The summed E-state index contributed by atoms with van der Waals surface area (Å²) in [5, 5.41) is 19.3. The summed E-state index contributed by atoms with van der Waals surface area (Å²) in [7, 11) is 0. The van der Waals surface area contributed by atoms with Crippen LogP contribution >= 0.6 is 0 Å². The Morgan fingerprint density at radius 2 is 2.00 bits per heavy atom. The first kappa shape index (κ1) is 14.9. The normalized spacial score (nSPS) is 33.7. The molecule has 1 fully saturated rings. The van der Waals surface area contributed by atoms with E-state index in [2.05, 4.69) is 0 Å². The van der Waals surface area contributed by atoms with Gasteiger partial charge in [-0.05, 0) is 12.1 Å². The topological polar surface area (TPSA) is 102 Å². The molecule has 0 spiro atoms. The minimum Gasteiger partial charge on any atom is -0.453 e. The van der Waals surface area contributed by atoms with Gasteiger partial charge in [0, 0.05) is 0 Å². The number of nitrogens with two attached hydrogens (primary N) is 1. The number of carbonyl (C=O) groups is 1. The van der Waals surface area contributed by atoms with E-state index in [4.69, 9.17) is 15.2 Å². The molecule has 1 aliphatic rings. The van der Waals surface area contributed by atoms with Gasteiger partial charge in [0.1, 0.15) is 18.9 Å². The maximum Gasteiger partial charge on any atom is 0.338 e. The fraction of sp³-hybridized carbons (Fsp3) is 0.462. The van der Waals surface area contributed by atoms with Gasteiger partial charge in [0.15, 0.2) is 12.4 Å². The summed E-state index contributed by atoms with van der Waals surface area (Å²) < 4.78 is 22.8. The van der Waals surface area contributed by atoms with Gasteiger partial charge in [0.2, 0.25) is 0 Å². The number of hydrogen-bond acceptors (Lipinski definition) is 6. The number of ether oxygens (including phenoxy) is 2. The lowest BCUT2D eigenvalue weighted by atomic mass is 9.98. The van der Waals surface area contributed by atoms with Crippen LogP contribution in [0.2, 0.25) is 0 Å². The highest BCUT2D eigenvalue weighted by molar-refractivity contribution is 5.89. The van der Waals surface area contributed by atoms with E-state index in [0.717, 1.165) is 0 Å². The molecule has 0 radical (unpaired) electrons. The number of benzene rings is 1. The van der Waals surface area contributed by atoms with Crippen molar-refractivity contribution in [2.45, 2.75) is 30.6 Å². The second kappa shape index (κ2) is 6.27. The van der Waals surface area contributed by atoms with E-state index in [0.29, 0.717) is 0 Å². The number of halogens is 1. The Balaban J connectivity index is 2.11. The molecule has 1 aliphatic heterocycles. The van der Waals surface area contributed by atoms with E-state index in [1.54, 1.807) is 18.2 Å². The average molecular weight is 285 g/mol. The summed E-state index contributed by atoms with van der Waals surface area (Å²) in [5.74, 6) is -0.722. The van der Waals surface area contributed by atoms with E-state index in [1.165, 1.54) is 12.1 Å². The zero-order valence-corrected chi connectivity index (χ0v) is 10.6. The predicted octanol–water partition coefficient (Wildman–Crippen LogP) is -0.413. The summed E-state index contributed by atoms with van der Waals surface area (Å²) in [4.78, 5) is 11.9. The summed E-state index contributed by atoms with van der Waals surface area (Å²) in [5.41, 5.74) is 5.77. The third-order valence-electron chi connectivity index (χ3n) is 3.15. The van der Waals surface area contributed by atoms with Crippen molar-refractivity contribution < 1.29 is 28.9 Å². The van der Waals surface area contributed by atoms with Crippen LogP contribution in [0.4, 0.5) is 4.39 Å². The number of rotatable bonds is 3. The quantitative estimate of drug-likeness (QED) is 0.652. The van der Waals surface area contributed by atoms with Crippen molar-refractivity contribution in [3.8, 4) is 0 Å². The first-order chi connectivity index (χ1) is 9.54. The lowest BCUT2D eigenvalue weighted by Crippen LogP contribution is -2.62. The molecule has 1 heterocycles. The smallest absolute Gasteiger partial charge is 0.338 e. The summed E-state index contributed by atoms with van der Waals surface area (Å²) >= 11 is 0. The average Bonchev–Trinajstić information content (AvgIpc) is 2.48. The molecule has 7 heteroatoms. The Labute approximate surface area is 114 Å². The van der Waals surface area contributed by atoms with E-state index in [1.807, 2.05) is 0 Å². The Bertz CT molecular complexity index is 455. The Kier molecular flexibility index (Phi) is 4.66. The molecule has 1 aromatic rings. The summed E-state index contributed by atoms with van der Waals surface area (Å²) in [6.45, 7) is -1.02. The largest absolute Gasteiger partial charge is 0.453 e. The molecular weight excluding hydrogens is 269 g/mol. The molecule has 1 saturated heterocycles. The van der Waals surface area contributed by atoms with Crippen LogP contribution in [-0.4, -0.2) is 53.5 Å². The lowest BCUT2D eigenvalue weighted by molar-refractivity contribution is -0.244. The van der Waals surface area contributed by atoms with Gasteiger partial charge >= 0.3 is 5.97 Å². The highest BCUT2D eigenvalue weighted by atomic mass is 19.1. The number of hydrogen-bond donors (Lipinski definition) is 3. The molecule has 2 rings (SSSR count). The molecule has 6 nitrogen and oxygen atoms in total. The molecule has 1 aromatic carbocycles. The fourth-order valence-electron chi connectivity index (χ4n) is 1.99. The monoisotopic (exact) mass is 285 g/mol. The van der Waals surface area contributed by atoms with Gasteiger partial charge in [-0.2, -0.15) is 0 Å². The van der Waals surface area contributed by atoms with Crippen molar-refractivity contribution in [2.24, 2.45) is 5.73 Å². The zero-order chi connectivity index (χ0) is 14.7. The number of alkyl halides is 1. The third-order valence-corrected chi connectivity index (χ3v) is 3.15. The Morgan fingerprint density at radius 1 is 1.35 bits per heavy atom. The van der Waals surface area contributed by atoms with Crippen molar-refractivity contribution in [3.63, 3.8) is 0 Å². The van der Waals surface area contributed by atoms with Crippen LogP contribution in [0.3, 0.4) is 0 Å². The fourth-order valence-corrected chi connectivity index (χ4v) is 1.99. The SMILES string of the molecule is NC1C(O)OC(CF)C(OC(=O)c2ccccc2)C1O. The Hall–Kier alpha value is -1.54. The van der Waals surface area contributed by atoms with E-state index >= 15 is 0 Å². The van der Waals surface area contributed by atoms with E-state index in [-0.39, 0.29) is 5.56 Å². The highest BCUT2D eigenvalue weighted by Gasteiger charge is 2.45. The molecule has 20 heavy (non-hydrogen) atoms. The highest BCUT2D eigenvalue weighted by Crippen LogP contribution is 2.22. The number of aliphatic hydroxyl groups excluding tert-OH is 2. The molecule has 0 saturated carbocycles. The van der Waals surface area contributed by atoms with Crippen LogP contribution in [0.15, 0.2) is 30.3 Å². The number of aliphatic hydroxyl groups is 2. The minimum absolute atomic E-state index is 0.261. The van der Waals surface area contributed by atoms with Gasteiger partial charge in [-0.25, -0.2) is 9.18 Å². The van der Waals surface area contributed by atoms with Crippen molar-refractivity contribution in [2.75, 3.05) is 6.67 Å². The molecule has 0 aliphatic carbocycles. The van der Waals surface area contributed by atoms with Crippen molar-refractivity contribution in [1.82, 2.24) is 0 Å². The second-order valence-corrected chi connectivity index (χ2v) is 4.52. The van der Waals surface area contributed by atoms with Crippen molar-refractivity contribution in [1.29, 1.82) is 0 Å². The van der Waals surface area contributed by atoms with Gasteiger partial charge in [-0.15, -0.1) is 0 Å².